The van der Waals surface area contributed by atoms with Crippen molar-refractivity contribution < 1.29 is 19.1 Å². The number of allylic oxidation sites excluding steroid dienone is 1. The van der Waals surface area contributed by atoms with Gasteiger partial charge in [-0.2, -0.15) is 0 Å². The lowest BCUT2D eigenvalue weighted by Gasteiger charge is -2.06. The molecule has 0 saturated carbocycles. The average molecular weight is 404 g/mol. The first-order chi connectivity index (χ1) is 9.97. The van der Waals surface area contributed by atoms with Gasteiger partial charge in [-0.1, -0.05) is 34.2 Å². The summed E-state index contributed by atoms with van der Waals surface area (Å²) in [4.78, 5) is 23.2. The molecule has 0 aromatic heterocycles. The third kappa shape index (κ3) is 6.03. The van der Waals surface area contributed by atoms with E-state index in [-0.39, 0.29) is 18.0 Å². The third-order valence-corrected chi connectivity index (χ3v) is 4.14. The van der Waals surface area contributed by atoms with E-state index in [2.05, 4.69) is 22.6 Å². The van der Waals surface area contributed by atoms with Gasteiger partial charge in [0, 0.05) is 17.6 Å². The Morgan fingerprint density at radius 2 is 2.19 bits per heavy atom. The highest BCUT2D eigenvalue weighted by molar-refractivity contribution is 14.1. The normalized spacial score (nSPS) is 19.3. The first-order valence-corrected chi connectivity index (χ1v) is 8.23. The van der Waals surface area contributed by atoms with E-state index in [9.17, 15) is 9.59 Å². The molecule has 0 aliphatic carbocycles. The number of halogens is 1. The molecule has 1 aliphatic rings. The van der Waals surface area contributed by atoms with E-state index in [1.165, 1.54) is 5.57 Å². The highest BCUT2D eigenvalue weighted by atomic mass is 127. The van der Waals surface area contributed by atoms with Gasteiger partial charge in [0.05, 0.1) is 6.61 Å². The van der Waals surface area contributed by atoms with Crippen molar-refractivity contribution in [3.05, 3.63) is 33.0 Å². The molecule has 1 rings (SSSR count). The summed E-state index contributed by atoms with van der Waals surface area (Å²) in [5, 5.41) is 0. The SMILES string of the molecule is CCOC(=O)/C(C)=C/CCC1=C[C@H](C/C(C)=C/I)OC1=O. The van der Waals surface area contributed by atoms with Crippen molar-refractivity contribution in [2.45, 2.75) is 46.1 Å². The summed E-state index contributed by atoms with van der Waals surface area (Å²) in [6.07, 6.45) is 5.47. The van der Waals surface area contributed by atoms with Gasteiger partial charge in [-0.05, 0) is 43.8 Å². The highest BCUT2D eigenvalue weighted by Crippen LogP contribution is 2.23. The van der Waals surface area contributed by atoms with Gasteiger partial charge in [0.2, 0.25) is 0 Å². The van der Waals surface area contributed by atoms with Crippen LogP contribution < -0.4 is 0 Å². The Bertz CT molecular complexity index is 489. The smallest absolute Gasteiger partial charge is 0.334 e. The van der Waals surface area contributed by atoms with Gasteiger partial charge in [-0.15, -0.1) is 0 Å². The standard InChI is InChI=1S/C16H21IO4/c1-4-20-15(18)12(3)6-5-7-13-9-14(21-16(13)19)8-11(2)10-17/h6,9-10,14H,4-5,7-8H2,1-3H3/b11-10+,12-6+/t14-/m0/s1. The summed E-state index contributed by atoms with van der Waals surface area (Å²) in [6, 6.07) is 0. The quantitative estimate of drug-likeness (QED) is 0.368. The molecule has 0 fully saturated rings. The third-order valence-electron chi connectivity index (χ3n) is 3.08. The number of cyclic esters (lactones) is 1. The molecule has 1 heterocycles. The van der Waals surface area contributed by atoms with E-state index in [0.29, 0.717) is 30.6 Å². The Morgan fingerprint density at radius 1 is 1.48 bits per heavy atom. The van der Waals surface area contributed by atoms with Crippen molar-refractivity contribution >= 4 is 34.5 Å². The topological polar surface area (TPSA) is 52.6 Å². The molecule has 1 aliphatic heterocycles. The second-order valence-electron chi connectivity index (χ2n) is 4.94. The van der Waals surface area contributed by atoms with Crippen LogP contribution in [-0.2, 0) is 19.1 Å². The Kier molecular flexibility index (Phi) is 7.71. The minimum atomic E-state index is -0.304. The van der Waals surface area contributed by atoms with E-state index < -0.39 is 0 Å². The van der Waals surface area contributed by atoms with E-state index in [1.54, 1.807) is 19.9 Å². The van der Waals surface area contributed by atoms with Gasteiger partial charge in [0.1, 0.15) is 6.10 Å². The maximum Gasteiger partial charge on any atom is 0.334 e. The number of hydrogen-bond donors (Lipinski definition) is 0. The van der Waals surface area contributed by atoms with Crippen molar-refractivity contribution in [3.8, 4) is 0 Å². The first kappa shape index (κ1) is 17.9. The average Bonchev–Trinajstić information content (AvgIpc) is 2.78. The van der Waals surface area contributed by atoms with Crippen LogP contribution in [0.3, 0.4) is 0 Å². The Balaban J connectivity index is 2.51. The predicted molar refractivity (Wildman–Crippen MR) is 90.0 cm³/mol. The predicted octanol–water partition coefficient (Wildman–Crippen LogP) is 3.86. The second-order valence-corrected chi connectivity index (χ2v) is 5.56. The van der Waals surface area contributed by atoms with E-state index in [1.807, 2.05) is 17.1 Å². The van der Waals surface area contributed by atoms with Crippen molar-refractivity contribution in [3.63, 3.8) is 0 Å². The minimum Gasteiger partial charge on any atom is -0.463 e. The van der Waals surface area contributed by atoms with Crippen LogP contribution in [0.25, 0.3) is 0 Å². The Morgan fingerprint density at radius 3 is 2.81 bits per heavy atom. The lowest BCUT2D eigenvalue weighted by molar-refractivity contribution is -0.140. The van der Waals surface area contributed by atoms with Crippen molar-refractivity contribution in [1.29, 1.82) is 0 Å². The van der Waals surface area contributed by atoms with Crippen LogP contribution in [0.1, 0.15) is 40.0 Å². The maximum atomic E-state index is 11.7. The lowest BCUT2D eigenvalue weighted by atomic mass is 10.1. The summed E-state index contributed by atoms with van der Waals surface area (Å²) >= 11 is 2.18. The van der Waals surface area contributed by atoms with E-state index in [4.69, 9.17) is 9.47 Å². The van der Waals surface area contributed by atoms with Crippen LogP contribution >= 0.6 is 22.6 Å². The molecule has 0 bridgehead atoms. The molecule has 0 amide bonds. The first-order valence-electron chi connectivity index (χ1n) is 6.99. The fourth-order valence-electron chi connectivity index (χ4n) is 1.96. The molecular weight excluding hydrogens is 383 g/mol. The Hall–Kier alpha value is -1.11. The number of esters is 2. The highest BCUT2D eigenvalue weighted by Gasteiger charge is 2.24. The van der Waals surface area contributed by atoms with Crippen LogP contribution in [0.4, 0.5) is 0 Å². The van der Waals surface area contributed by atoms with Crippen molar-refractivity contribution in [2.75, 3.05) is 6.61 Å². The van der Waals surface area contributed by atoms with Gasteiger partial charge in [-0.3, -0.25) is 0 Å². The molecular formula is C16H21IO4. The largest absolute Gasteiger partial charge is 0.463 e. The summed E-state index contributed by atoms with van der Waals surface area (Å²) in [7, 11) is 0. The summed E-state index contributed by atoms with van der Waals surface area (Å²) in [5.41, 5.74) is 2.45. The summed E-state index contributed by atoms with van der Waals surface area (Å²) in [6.45, 7) is 5.87. The monoisotopic (exact) mass is 404 g/mol. The molecule has 0 aromatic carbocycles. The fourth-order valence-corrected chi connectivity index (χ4v) is 2.21. The van der Waals surface area contributed by atoms with Crippen LogP contribution in [0, 0.1) is 0 Å². The van der Waals surface area contributed by atoms with Crippen molar-refractivity contribution in [2.24, 2.45) is 0 Å². The maximum absolute atomic E-state index is 11.7. The lowest BCUT2D eigenvalue weighted by Crippen LogP contribution is -2.08. The molecule has 4 nitrogen and oxygen atoms in total. The Labute approximate surface area is 139 Å². The van der Waals surface area contributed by atoms with Gasteiger partial charge in [-0.25, -0.2) is 9.59 Å². The molecule has 1 atom stereocenters. The molecule has 0 spiro atoms. The van der Waals surface area contributed by atoms with Gasteiger partial charge >= 0.3 is 11.9 Å². The molecule has 0 radical (unpaired) electrons. The van der Waals surface area contributed by atoms with Crippen molar-refractivity contribution in [1.82, 2.24) is 0 Å². The van der Waals surface area contributed by atoms with Gasteiger partial charge in [0.25, 0.3) is 0 Å². The van der Waals surface area contributed by atoms with Crippen LogP contribution in [0.5, 0.6) is 0 Å². The van der Waals surface area contributed by atoms with E-state index in [0.717, 1.165) is 6.42 Å². The molecule has 5 heteroatoms. The molecule has 21 heavy (non-hydrogen) atoms. The molecule has 0 saturated heterocycles. The van der Waals surface area contributed by atoms with Crippen LogP contribution in [0.15, 0.2) is 33.0 Å². The second kappa shape index (κ2) is 9.02. The van der Waals surface area contributed by atoms with Gasteiger partial charge < -0.3 is 9.47 Å². The number of ether oxygens (including phenoxy) is 2. The molecule has 0 N–H and O–H groups in total. The fraction of sp³-hybridized carbons (Fsp3) is 0.500. The van der Waals surface area contributed by atoms with Crippen LogP contribution in [-0.4, -0.2) is 24.6 Å². The molecule has 0 aromatic rings. The summed E-state index contributed by atoms with van der Waals surface area (Å²) < 4.78 is 12.2. The summed E-state index contributed by atoms with van der Waals surface area (Å²) in [5.74, 6) is -0.551. The molecule has 116 valence electrons. The zero-order chi connectivity index (χ0) is 15.8. The molecule has 0 unspecified atom stereocenters. The zero-order valence-corrected chi connectivity index (χ0v) is 14.8. The number of carbonyl (C=O) groups is 2. The zero-order valence-electron chi connectivity index (χ0n) is 12.6. The number of hydrogen-bond acceptors (Lipinski definition) is 4. The van der Waals surface area contributed by atoms with Crippen LogP contribution in [0.2, 0.25) is 0 Å². The minimum absolute atomic E-state index is 0.159. The number of rotatable bonds is 7. The van der Waals surface area contributed by atoms with Gasteiger partial charge in [0.15, 0.2) is 0 Å². The number of carbonyl (C=O) groups excluding carboxylic acids is 2. The van der Waals surface area contributed by atoms with E-state index >= 15 is 0 Å².